The fourth-order valence-corrected chi connectivity index (χ4v) is 3.47. The molecule has 21 heavy (non-hydrogen) atoms. The Labute approximate surface area is 128 Å². The third kappa shape index (κ3) is 3.81. The molecule has 2 atom stereocenters. The summed E-state index contributed by atoms with van der Waals surface area (Å²) < 4.78 is 80.7. The molecule has 1 saturated heterocycles. The summed E-state index contributed by atoms with van der Waals surface area (Å²) in [6.07, 6.45) is -12.0. The Morgan fingerprint density at radius 3 is 2.33 bits per heavy atom. The lowest BCUT2D eigenvalue weighted by atomic mass is 10.2. The van der Waals surface area contributed by atoms with Gasteiger partial charge in [0, 0.05) is 6.54 Å². The minimum atomic E-state index is -4.66. The fourth-order valence-electron chi connectivity index (χ4n) is 1.89. The Morgan fingerprint density at radius 2 is 1.86 bits per heavy atom. The van der Waals surface area contributed by atoms with E-state index in [0.29, 0.717) is 11.3 Å². The Bertz CT molecular complexity index is 517. The predicted molar refractivity (Wildman–Crippen MR) is 67.4 cm³/mol. The molecule has 2 heterocycles. The summed E-state index contributed by atoms with van der Waals surface area (Å²) in [7, 11) is 0. The van der Waals surface area contributed by atoms with Crippen molar-refractivity contribution in [3.05, 3.63) is 9.48 Å². The van der Waals surface area contributed by atoms with Crippen LogP contribution in [0.5, 0.6) is 0 Å². The number of nitrogens with zero attached hydrogens (tertiary/aromatic N) is 2. The molecule has 1 aromatic heterocycles. The number of hydrogen-bond acceptors (Lipinski definition) is 4. The monoisotopic (exact) mass is 398 g/mol. The minimum absolute atomic E-state index is 0.0455. The lowest BCUT2D eigenvalue weighted by molar-refractivity contribution is -0.233. The second kappa shape index (κ2) is 5.58. The van der Waals surface area contributed by atoms with Crippen molar-refractivity contribution < 1.29 is 31.1 Å². The third-order valence-corrected chi connectivity index (χ3v) is 4.50. The molecule has 0 amide bonds. The molecule has 1 aromatic rings. The van der Waals surface area contributed by atoms with Gasteiger partial charge in [0.1, 0.15) is 3.79 Å². The summed E-state index contributed by atoms with van der Waals surface area (Å²) in [5, 5.41) is -0.112. The molecule has 0 bridgehead atoms. The predicted octanol–water partition coefficient (Wildman–Crippen LogP) is 4.08. The van der Waals surface area contributed by atoms with Gasteiger partial charge in [-0.05, 0) is 22.9 Å². The van der Waals surface area contributed by atoms with Crippen LogP contribution < -0.4 is 4.90 Å². The molecular weight excluding hydrogens is 390 g/mol. The Morgan fingerprint density at radius 1 is 1.24 bits per heavy atom. The Kier molecular flexibility index (Phi) is 4.47. The first-order valence-electron chi connectivity index (χ1n) is 5.69. The first-order chi connectivity index (χ1) is 9.48. The van der Waals surface area contributed by atoms with Gasteiger partial charge >= 0.3 is 12.4 Å². The highest BCUT2D eigenvalue weighted by atomic mass is 79.9. The van der Waals surface area contributed by atoms with E-state index in [9.17, 15) is 26.3 Å². The largest absolute Gasteiger partial charge is 0.435 e. The molecule has 0 radical (unpaired) electrons. The van der Waals surface area contributed by atoms with E-state index in [4.69, 9.17) is 4.74 Å². The summed E-state index contributed by atoms with van der Waals surface area (Å²) in [6, 6.07) is 0. The minimum Gasteiger partial charge on any atom is -0.362 e. The second-order valence-electron chi connectivity index (χ2n) is 4.50. The summed E-state index contributed by atoms with van der Waals surface area (Å²) in [5.41, 5.74) is -1.13. The van der Waals surface area contributed by atoms with Crippen molar-refractivity contribution in [1.82, 2.24) is 4.98 Å². The van der Waals surface area contributed by atoms with E-state index in [1.165, 1.54) is 6.92 Å². The number of alkyl halides is 6. The van der Waals surface area contributed by atoms with E-state index in [-0.39, 0.29) is 15.5 Å². The zero-order valence-electron chi connectivity index (χ0n) is 10.4. The Balaban J connectivity index is 2.25. The number of halogens is 7. The molecule has 2 unspecified atom stereocenters. The van der Waals surface area contributed by atoms with Crippen LogP contribution >= 0.6 is 27.3 Å². The van der Waals surface area contributed by atoms with Gasteiger partial charge in [-0.25, -0.2) is 4.98 Å². The number of morpholine rings is 1. The molecular formula is C10H9BrF6N2OS. The van der Waals surface area contributed by atoms with Crippen molar-refractivity contribution in [1.29, 1.82) is 0 Å². The number of ether oxygens (including phenoxy) is 1. The van der Waals surface area contributed by atoms with E-state index in [1.807, 2.05) is 0 Å². The van der Waals surface area contributed by atoms with Crippen molar-refractivity contribution in [2.75, 3.05) is 18.0 Å². The summed E-state index contributed by atoms with van der Waals surface area (Å²) >= 11 is 3.40. The molecule has 0 spiro atoms. The van der Waals surface area contributed by atoms with E-state index in [1.54, 1.807) is 0 Å². The molecule has 120 valence electrons. The number of aromatic nitrogens is 1. The standard InChI is InChI=1S/C10H9BrF6N2OS/c1-4-2-19(3-5(20-4)9(12,13)14)8-18-6(7(11)21-8)10(15,16)17/h4-5H,2-3H2,1H3. The van der Waals surface area contributed by atoms with Crippen LogP contribution in [0, 0.1) is 0 Å². The lowest BCUT2D eigenvalue weighted by Gasteiger charge is -2.37. The third-order valence-electron chi connectivity index (χ3n) is 2.74. The smallest absolute Gasteiger partial charge is 0.362 e. The van der Waals surface area contributed by atoms with E-state index >= 15 is 0 Å². The molecule has 11 heteroatoms. The van der Waals surface area contributed by atoms with Crippen LogP contribution in [0.1, 0.15) is 12.6 Å². The molecule has 0 aliphatic carbocycles. The van der Waals surface area contributed by atoms with Crippen molar-refractivity contribution in [3.8, 4) is 0 Å². The SMILES string of the molecule is CC1CN(c2nc(C(F)(F)F)c(Br)s2)CC(C(F)(F)F)O1. The average molecular weight is 399 g/mol. The number of anilines is 1. The van der Waals surface area contributed by atoms with Gasteiger partial charge in [0.05, 0.1) is 12.6 Å². The van der Waals surface area contributed by atoms with Crippen LogP contribution in [0.25, 0.3) is 0 Å². The van der Waals surface area contributed by atoms with Gasteiger partial charge in [-0.3, -0.25) is 0 Å². The molecule has 1 aliphatic rings. The maximum atomic E-state index is 12.7. The molecule has 3 nitrogen and oxygen atoms in total. The van der Waals surface area contributed by atoms with Crippen LogP contribution in [0.4, 0.5) is 31.5 Å². The van der Waals surface area contributed by atoms with Gasteiger partial charge in [0.2, 0.25) is 0 Å². The van der Waals surface area contributed by atoms with Crippen molar-refractivity contribution >= 4 is 32.4 Å². The van der Waals surface area contributed by atoms with Crippen molar-refractivity contribution in [2.45, 2.75) is 31.5 Å². The van der Waals surface area contributed by atoms with Crippen LogP contribution in [-0.2, 0) is 10.9 Å². The highest BCUT2D eigenvalue weighted by molar-refractivity contribution is 9.11. The molecule has 1 aliphatic heterocycles. The summed E-state index contributed by atoms with van der Waals surface area (Å²) in [4.78, 5) is 4.57. The van der Waals surface area contributed by atoms with Gasteiger partial charge in [0.15, 0.2) is 16.9 Å². The van der Waals surface area contributed by atoms with Crippen molar-refractivity contribution in [3.63, 3.8) is 0 Å². The number of hydrogen-bond donors (Lipinski definition) is 0. The molecule has 0 aromatic carbocycles. The molecule has 0 N–H and O–H groups in total. The number of rotatable bonds is 1. The van der Waals surface area contributed by atoms with Gasteiger partial charge in [-0.1, -0.05) is 11.3 Å². The molecule has 0 saturated carbocycles. The number of thiazole rings is 1. The topological polar surface area (TPSA) is 25.4 Å². The van der Waals surface area contributed by atoms with Crippen LogP contribution in [0.2, 0.25) is 0 Å². The quantitative estimate of drug-likeness (QED) is 0.666. The van der Waals surface area contributed by atoms with E-state index < -0.39 is 36.8 Å². The lowest BCUT2D eigenvalue weighted by Crippen LogP contribution is -2.52. The summed E-state index contributed by atoms with van der Waals surface area (Å²) in [6.45, 7) is 0.896. The summed E-state index contributed by atoms with van der Waals surface area (Å²) in [5.74, 6) is 0. The fraction of sp³-hybridized carbons (Fsp3) is 0.700. The Hall–Kier alpha value is -0.550. The van der Waals surface area contributed by atoms with Gasteiger partial charge in [-0.2, -0.15) is 26.3 Å². The second-order valence-corrected chi connectivity index (χ2v) is 6.79. The zero-order chi connectivity index (χ0) is 16.0. The van der Waals surface area contributed by atoms with Gasteiger partial charge in [-0.15, -0.1) is 0 Å². The van der Waals surface area contributed by atoms with Crippen LogP contribution in [0.3, 0.4) is 0 Å². The van der Waals surface area contributed by atoms with Crippen LogP contribution in [0.15, 0.2) is 3.79 Å². The van der Waals surface area contributed by atoms with Gasteiger partial charge < -0.3 is 9.64 Å². The highest BCUT2D eigenvalue weighted by Gasteiger charge is 2.46. The van der Waals surface area contributed by atoms with Crippen molar-refractivity contribution in [2.24, 2.45) is 0 Å². The average Bonchev–Trinajstić information content (AvgIpc) is 2.69. The zero-order valence-corrected chi connectivity index (χ0v) is 12.8. The van der Waals surface area contributed by atoms with E-state index in [2.05, 4.69) is 20.9 Å². The maximum absolute atomic E-state index is 12.7. The normalized spacial score (nSPS) is 24.5. The molecule has 2 rings (SSSR count). The van der Waals surface area contributed by atoms with E-state index in [0.717, 1.165) is 4.90 Å². The van der Waals surface area contributed by atoms with Gasteiger partial charge in [0.25, 0.3) is 0 Å². The molecule has 1 fully saturated rings. The van der Waals surface area contributed by atoms with Crippen LogP contribution in [-0.4, -0.2) is 36.5 Å². The maximum Gasteiger partial charge on any atom is 0.435 e. The first-order valence-corrected chi connectivity index (χ1v) is 7.30. The first kappa shape index (κ1) is 16.8. The highest BCUT2D eigenvalue weighted by Crippen LogP contribution is 2.41.